The highest BCUT2D eigenvalue weighted by atomic mass is 32.2. The van der Waals surface area contributed by atoms with Crippen molar-refractivity contribution in [2.24, 2.45) is 0 Å². The summed E-state index contributed by atoms with van der Waals surface area (Å²) in [5, 5.41) is -4.78. The third kappa shape index (κ3) is 3.00. The molecule has 0 aliphatic heterocycles. The predicted molar refractivity (Wildman–Crippen MR) is 39.2 cm³/mol. The van der Waals surface area contributed by atoms with Crippen LogP contribution in [0.3, 0.4) is 0 Å². The lowest BCUT2D eigenvalue weighted by Crippen LogP contribution is -2.37. The van der Waals surface area contributed by atoms with E-state index in [1.54, 1.807) is 6.92 Å². The van der Waals surface area contributed by atoms with E-state index < -0.39 is 27.6 Å². The molecule has 78 valence electrons. The Kier molecular flexibility index (Phi) is 3.92. The lowest BCUT2D eigenvalue weighted by atomic mass is 10.2. The van der Waals surface area contributed by atoms with Crippen LogP contribution in [0.15, 0.2) is 0 Å². The summed E-state index contributed by atoms with van der Waals surface area (Å²) in [5.41, 5.74) is 0. The van der Waals surface area contributed by atoms with Gasteiger partial charge in [-0.15, -0.1) is 0 Å². The number of hydrogen-bond donors (Lipinski definition) is 0. The van der Waals surface area contributed by atoms with Gasteiger partial charge in [-0.2, -0.15) is 8.78 Å². The summed E-state index contributed by atoms with van der Waals surface area (Å²) in [4.78, 5) is 10.5. The smallest absolute Gasteiger partial charge is 0.391 e. The van der Waals surface area contributed by atoms with Gasteiger partial charge in [-0.05, 0) is 6.42 Å². The molecule has 0 saturated carbocycles. The number of rotatable bonds is 5. The quantitative estimate of drug-likeness (QED) is 0.638. The maximum Gasteiger partial charge on any atom is 0.391 e. The van der Waals surface area contributed by atoms with Crippen LogP contribution in [0, 0.1) is 0 Å². The molecule has 0 rings (SSSR count). The number of halogens is 2. The number of ketones is 1. The molecule has 0 bridgehead atoms. The lowest BCUT2D eigenvalue weighted by Gasteiger charge is -2.17. The van der Waals surface area contributed by atoms with Crippen molar-refractivity contribution in [3.63, 3.8) is 0 Å². The Labute approximate surface area is 74.7 Å². The Balaban J connectivity index is 4.57. The van der Waals surface area contributed by atoms with Crippen LogP contribution >= 0.6 is 0 Å². The van der Waals surface area contributed by atoms with Crippen LogP contribution in [0.2, 0.25) is 0 Å². The average Bonchev–Trinajstić information content (AvgIpc) is 1.97. The van der Waals surface area contributed by atoms with Crippen LogP contribution in [-0.2, 0) is 14.9 Å². The maximum atomic E-state index is 12.4. The van der Waals surface area contributed by atoms with Crippen molar-refractivity contribution in [2.75, 3.05) is 0 Å². The van der Waals surface area contributed by atoms with Gasteiger partial charge in [0.25, 0.3) is 0 Å². The first-order valence-corrected chi connectivity index (χ1v) is 5.01. The van der Waals surface area contributed by atoms with Gasteiger partial charge in [0.2, 0.25) is 5.78 Å². The molecular weight excluding hydrogens is 206 g/mol. The molecule has 0 spiro atoms. The zero-order chi connectivity index (χ0) is 10.7. The Morgan fingerprint density at radius 1 is 1.46 bits per heavy atom. The van der Waals surface area contributed by atoms with E-state index in [0.29, 0.717) is 6.42 Å². The summed E-state index contributed by atoms with van der Waals surface area (Å²) in [5.74, 6) is -1.83. The van der Waals surface area contributed by atoms with Gasteiger partial charge in [0.15, 0.2) is 10.1 Å². The summed E-state index contributed by atoms with van der Waals surface area (Å²) in [7, 11) is -5.86. The number of hydrogen-bond acceptors (Lipinski definition) is 4. The van der Waals surface area contributed by atoms with E-state index in [0.717, 1.165) is 0 Å². The summed E-state index contributed by atoms with van der Waals surface area (Å²) in [6.45, 7) is 1.65. The molecule has 0 radical (unpaired) electrons. The van der Waals surface area contributed by atoms with Crippen LogP contribution in [-0.4, -0.2) is 24.0 Å². The largest absolute Gasteiger partial charge is 0.743 e. The molecule has 13 heavy (non-hydrogen) atoms. The van der Waals surface area contributed by atoms with Gasteiger partial charge in [0.1, 0.15) is 0 Å². The molecule has 0 fully saturated rings. The van der Waals surface area contributed by atoms with Crippen LogP contribution in [0.25, 0.3) is 0 Å². The lowest BCUT2D eigenvalue weighted by molar-refractivity contribution is -0.133. The van der Waals surface area contributed by atoms with Crippen molar-refractivity contribution in [3.05, 3.63) is 0 Å². The summed E-state index contributed by atoms with van der Waals surface area (Å²) in [6, 6.07) is 0. The van der Waals surface area contributed by atoms with Gasteiger partial charge in [-0.1, -0.05) is 13.3 Å². The zero-order valence-corrected chi connectivity index (χ0v) is 7.73. The normalized spacial score (nSPS) is 12.9. The highest BCUT2D eigenvalue weighted by Crippen LogP contribution is 2.23. The van der Waals surface area contributed by atoms with E-state index in [2.05, 4.69) is 0 Å². The molecule has 0 unspecified atom stereocenters. The second-order valence-corrected chi connectivity index (χ2v) is 3.92. The summed E-state index contributed by atoms with van der Waals surface area (Å²) < 4.78 is 54.6. The van der Waals surface area contributed by atoms with Gasteiger partial charge >= 0.3 is 5.25 Å². The average molecular weight is 215 g/mol. The maximum absolute atomic E-state index is 12.4. The molecule has 0 atom stereocenters. The Morgan fingerprint density at radius 3 is 2.23 bits per heavy atom. The third-order valence-corrected chi connectivity index (χ3v) is 2.25. The number of carbonyl (C=O) groups excluding carboxylic acids is 1. The molecule has 0 heterocycles. The molecule has 0 aliphatic carbocycles. The SMILES string of the molecule is CCCCC(=O)C(F)(F)S(=O)(=O)[O-]. The zero-order valence-electron chi connectivity index (χ0n) is 6.92. The molecule has 0 aliphatic rings. The number of unbranched alkanes of at least 4 members (excludes halogenated alkanes) is 1. The minimum absolute atomic E-state index is 0.143. The van der Waals surface area contributed by atoms with E-state index in [-0.39, 0.29) is 6.42 Å². The minimum atomic E-state index is -5.86. The van der Waals surface area contributed by atoms with Gasteiger partial charge in [-0.25, -0.2) is 8.42 Å². The molecule has 4 nitrogen and oxygen atoms in total. The molecule has 0 saturated heterocycles. The van der Waals surface area contributed by atoms with E-state index >= 15 is 0 Å². The van der Waals surface area contributed by atoms with Gasteiger partial charge in [0, 0.05) is 6.42 Å². The first kappa shape index (κ1) is 12.4. The molecule has 7 heteroatoms. The van der Waals surface area contributed by atoms with Crippen LogP contribution in [0.5, 0.6) is 0 Å². The molecule has 0 aromatic heterocycles. The van der Waals surface area contributed by atoms with Crippen molar-refractivity contribution in [2.45, 2.75) is 31.4 Å². The van der Waals surface area contributed by atoms with Crippen molar-refractivity contribution in [1.82, 2.24) is 0 Å². The van der Waals surface area contributed by atoms with Gasteiger partial charge in [-0.3, -0.25) is 4.79 Å². The van der Waals surface area contributed by atoms with E-state index in [1.165, 1.54) is 0 Å². The number of Topliss-reactive ketones (excluding diaryl/α,β-unsaturated/α-hetero) is 1. The summed E-state index contributed by atoms with van der Waals surface area (Å²) >= 11 is 0. The molecule has 0 aromatic rings. The minimum Gasteiger partial charge on any atom is -0.743 e. The highest BCUT2D eigenvalue weighted by molar-refractivity contribution is 7.87. The van der Waals surface area contributed by atoms with Gasteiger partial charge < -0.3 is 4.55 Å². The molecular formula is C6H9F2O4S-. The Hall–Kier alpha value is -0.560. The fraction of sp³-hybridized carbons (Fsp3) is 0.833. The van der Waals surface area contributed by atoms with Crippen LogP contribution in [0.4, 0.5) is 8.78 Å². The van der Waals surface area contributed by atoms with E-state index in [4.69, 9.17) is 0 Å². The topological polar surface area (TPSA) is 74.3 Å². The molecule has 0 N–H and O–H groups in total. The van der Waals surface area contributed by atoms with Crippen LogP contribution in [0.1, 0.15) is 26.2 Å². The third-order valence-electron chi connectivity index (χ3n) is 1.40. The van der Waals surface area contributed by atoms with E-state index in [9.17, 15) is 26.5 Å². The predicted octanol–water partition coefficient (Wildman–Crippen LogP) is 0.884. The standard InChI is InChI=1S/C6H10F2O4S/c1-2-3-4-5(9)6(7,8)13(10,11)12/h2-4H2,1H3,(H,10,11,12)/p-1. The fourth-order valence-electron chi connectivity index (χ4n) is 0.622. The first-order valence-electron chi connectivity index (χ1n) is 3.60. The Bertz CT molecular complexity index is 283. The van der Waals surface area contributed by atoms with Crippen molar-refractivity contribution in [3.8, 4) is 0 Å². The second-order valence-electron chi connectivity index (χ2n) is 2.50. The Morgan fingerprint density at radius 2 is 1.92 bits per heavy atom. The highest BCUT2D eigenvalue weighted by Gasteiger charge is 2.45. The molecule has 0 aromatic carbocycles. The number of alkyl halides is 2. The first-order chi connectivity index (χ1) is 5.73. The monoisotopic (exact) mass is 215 g/mol. The summed E-state index contributed by atoms with van der Waals surface area (Å²) in [6.07, 6.45) is 0.0235. The van der Waals surface area contributed by atoms with Gasteiger partial charge in [0.05, 0.1) is 0 Å². The second kappa shape index (κ2) is 4.10. The van der Waals surface area contributed by atoms with Crippen molar-refractivity contribution < 1.29 is 26.5 Å². The van der Waals surface area contributed by atoms with Crippen molar-refractivity contribution in [1.29, 1.82) is 0 Å². The molecule has 0 amide bonds. The van der Waals surface area contributed by atoms with Crippen molar-refractivity contribution >= 4 is 15.9 Å². The van der Waals surface area contributed by atoms with Crippen LogP contribution < -0.4 is 0 Å². The number of carbonyl (C=O) groups is 1. The fourth-order valence-corrected chi connectivity index (χ4v) is 1.00. The van der Waals surface area contributed by atoms with E-state index in [1.807, 2.05) is 0 Å².